The van der Waals surface area contributed by atoms with Crippen molar-refractivity contribution in [3.05, 3.63) is 35.4 Å². The van der Waals surface area contributed by atoms with Crippen molar-refractivity contribution in [2.75, 3.05) is 0 Å². The van der Waals surface area contributed by atoms with Gasteiger partial charge in [-0.2, -0.15) is 0 Å². The van der Waals surface area contributed by atoms with Gasteiger partial charge in [0.25, 0.3) is 5.92 Å². The number of rotatable bonds is 6. The van der Waals surface area contributed by atoms with Gasteiger partial charge in [0.15, 0.2) is 0 Å². The number of alkyl halides is 2. The molecule has 0 amide bonds. The largest absolute Gasteiger partial charge is 0.328 e. The van der Waals surface area contributed by atoms with Gasteiger partial charge in [0.1, 0.15) is 0 Å². The van der Waals surface area contributed by atoms with Crippen LogP contribution in [0.2, 0.25) is 0 Å². The lowest BCUT2D eigenvalue weighted by Gasteiger charge is -2.16. The molecule has 1 aromatic rings. The van der Waals surface area contributed by atoms with Crippen LogP contribution in [0.25, 0.3) is 0 Å². The summed E-state index contributed by atoms with van der Waals surface area (Å²) in [5.41, 5.74) is 6.73. The number of benzene rings is 1. The van der Waals surface area contributed by atoms with E-state index < -0.39 is 5.92 Å². The SMILES string of the molecule is CCCC(F)(F)c1cccc(CCC(C)N)c1. The van der Waals surface area contributed by atoms with Gasteiger partial charge in [0.05, 0.1) is 0 Å². The van der Waals surface area contributed by atoms with Gasteiger partial charge in [0.2, 0.25) is 0 Å². The Labute approximate surface area is 102 Å². The van der Waals surface area contributed by atoms with Crippen LogP contribution in [0, 0.1) is 0 Å². The highest BCUT2D eigenvalue weighted by molar-refractivity contribution is 5.27. The third kappa shape index (κ3) is 4.43. The summed E-state index contributed by atoms with van der Waals surface area (Å²) in [7, 11) is 0. The molecule has 0 aliphatic heterocycles. The Balaban J connectivity index is 2.78. The van der Waals surface area contributed by atoms with Crippen molar-refractivity contribution < 1.29 is 8.78 Å². The number of hydrogen-bond acceptors (Lipinski definition) is 1. The van der Waals surface area contributed by atoms with Crippen LogP contribution in [0.15, 0.2) is 24.3 Å². The van der Waals surface area contributed by atoms with E-state index in [0.717, 1.165) is 18.4 Å². The molecule has 0 heterocycles. The monoisotopic (exact) mass is 241 g/mol. The van der Waals surface area contributed by atoms with E-state index in [-0.39, 0.29) is 18.0 Å². The molecule has 0 aromatic heterocycles. The van der Waals surface area contributed by atoms with Crippen molar-refractivity contribution in [2.45, 2.75) is 51.5 Å². The first-order valence-electron chi connectivity index (χ1n) is 6.18. The summed E-state index contributed by atoms with van der Waals surface area (Å²) in [5, 5.41) is 0. The van der Waals surface area contributed by atoms with Crippen LogP contribution in [0.1, 0.15) is 44.2 Å². The highest BCUT2D eigenvalue weighted by Crippen LogP contribution is 2.33. The molecular formula is C14H21F2N. The second-order valence-corrected chi connectivity index (χ2v) is 4.67. The van der Waals surface area contributed by atoms with Gasteiger partial charge in [0, 0.05) is 18.0 Å². The summed E-state index contributed by atoms with van der Waals surface area (Å²) < 4.78 is 27.4. The molecule has 0 bridgehead atoms. The Bertz CT molecular complexity index is 348. The molecule has 17 heavy (non-hydrogen) atoms. The third-order valence-electron chi connectivity index (χ3n) is 2.80. The summed E-state index contributed by atoms with van der Waals surface area (Å²) in [5.74, 6) is -2.71. The lowest BCUT2D eigenvalue weighted by Crippen LogP contribution is -2.16. The third-order valence-corrected chi connectivity index (χ3v) is 2.80. The minimum Gasteiger partial charge on any atom is -0.328 e. The first-order chi connectivity index (χ1) is 7.95. The average molecular weight is 241 g/mol. The average Bonchev–Trinajstić information content (AvgIpc) is 2.27. The van der Waals surface area contributed by atoms with Crippen LogP contribution in [0.5, 0.6) is 0 Å². The van der Waals surface area contributed by atoms with Crippen LogP contribution in [0.3, 0.4) is 0 Å². The van der Waals surface area contributed by atoms with Crippen LogP contribution >= 0.6 is 0 Å². The molecule has 1 nitrogen and oxygen atoms in total. The van der Waals surface area contributed by atoms with Crippen molar-refractivity contribution in [1.82, 2.24) is 0 Å². The van der Waals surface area contributed by atoms with E-state index in [1.807, 2.05) is 13.0 Å². The predicted molar refractivity (Wildman–Crippen MR) is 67.2 cm³/mol. The highest BCUT2D eigenvalue weighted by Gasteiger charge is 2.30. The van der Waals surface area contributed by atoms with E-state index in [0.29, 0.717) is 6.42 Å². The Morgan fingerprint density at radius 1 is 1.35 bits per heavy atom. The van der Waals surface area contributed by atoms with Gasteiger partial charge in [-0.25, -0.2) is 8.78 Å². The fourth-order valence-corrected chi connectivity index (χ4v) is 1.81. The molecular weight excluding hydrogens is 220 g/mol. The summed E-state index contributed by atoms with van der Waals surface area (Å²) in [6, 6.07) is 6.81. The molecule has 2 N–H and O–H groups in total. The van der Waals surface area contributed by atoms with E-state index in [1.165, 1.54) is 6.07 Å². The summed E-state index contributed by atoms with van der Waals surface area (Å²) in [4.78, 5) is 0. The maximum atomic E-state index is 13.7. The molecule has 1 rings (SSSR count). The molecule has 0 spiro atoms. The number of aryl methyl sites for hydroxylation is 1. The number of halogens is 2. The maximum Gasteiger partial charge on any atom is 0.273 e. The zero-order valence-electron chi connectivity index (χ0n) is 10.5. The smallest absolute Gasteiger partial charge is 0.273 e. The zero-order chi connectivity index (χ0) is 12.9. The van der Waals surface area contributed by atoms with Crippen molar-refractivity contribution in [2.24, 2.45) is 5.73 Å². The second kappa shape index (κ2) is 6.10. The van der Waals surface area contributed by atoms with Crippen molar-refractivity contribution in [1.29, 1.82) is 0 Å². The Hall–Kier alpha value is -0.960. The topological polar surface area (TPSA) is 26.0 Å². The minimum atomic E-state index is -2.71. The lowest BCUT2D eigenvalue weighted by atomic mass is 9.99. The molecule has 0 aliphatic carbocycles. The van der Waals surface area contributed by atoms with Crippen molar-refractivity contribution >= 4 is 0 Å². The first-order valence-corrected chi connectivity index (χ1v) is 6.18. The fraction of sp³-hybridized carbons (Fsp3) is 0.571. The molecule has 0 radical (unpaired) electrons. The Morgan fingerprint density at radius 3 is 2.65 bits per heavy atom. The van der Waals surface area contributed by atoms with Gasteiger partial charge < -0.3 is 5.73 Å². The molecule has 96 valence electrons. The van der Waals surface area contributed by atoms with Crippen LogP contribution in [0.4, 0.5) is 8.78 Å². The predicted octanol–water partition coefficient (Wildman–Crippen LogP) is 3.86. The standard InChI is InChI=1S/C14H21F2N/c1-3-9-14(15,16)13-6-4-5-12(10-13)8-7-11(2)17/h4-6,10-11H,3,7-9,17H2,1-2H3. The molecule has 0 saturated carbocycles. The normalized spacial score (nSPS) is 13.7. The fourth-order valence-electron chi connectivity index (χ4n) is 1.81. The van der Waals surface area contributed by atoms with Crippen molar-refractivity contribution in [3.63, 3.8) is 0 Å². The quantitative estimate of drug-likeness (QED) is 0.804. The van der Waals surface area contributed by atoms with Crippen LogP contribution in [-0.4, -0.2) is 6.04 Å². The van der Waals surface area contributed by atoms with E-state index in [2.05, 4.69) is 0 Å². The molecule has 1 unspecified atom stereocenters. The summed E-state index contributed by atoms with van der Waals surface area (Å²) in [6.45, 7) is 3.70. The molecule has 1 atom stereocenters. The lowest BCUT2D eigenvalue weighted by molar-refractivity contribution is -0.0140. The van der Waals surface area contributed by atoms with Crippen LogP contribution < -0.4 is 5.73 Å². The Kier molecular flexibility index (Phi) is 5.06. The van der Waals surface area contributed by atoms with Gasteiger partial charge in [-0.15, -0.1) is 0 Å². The zero-order valence-corrected chi connectivity index (χ0v) is 10.5. The van der Waals surface area contributed by atoms with Gasteiger partial charge >= 0.3 is 0 Å². The Morgan fingerprint density at radius 2 is 2.06 bits per heavy atom. The van der Waals surface area contributed by atoms with Gasteiger partial charge in [-0.1, -0.05) is 31.5 Å². The van der Waals surface area contributed by atoms with E-state index >= 15 is 0 Å². The molecule has 0 fully saturated rings. The minimum absolute atomic E-state index is 0.0935. The first kappa shape index (κ1) is 14.1. The highest BCUT2D eigenvalue weighted by atomic mass is 19.3. The molecule has 0 aliphatic rings. The molecule has 3 heteroatoms. The van der Waals surface area contributed by atoms with E-state index in [1.54, 1.807) is 19.1 Å². The van der Waals surface area contributed by atoms with Gasteiger partial charge in [-0.3, -0.25) is 0 Å². The molecule has 1 aromatic carbocycles. The number of nitrogens with two attached hydrogens (primary N) is 1. The molecule has 0 saturated heterocycles. The second-order valence-electron chi connectivity index (χ2n) is 4.67. The van der Waals surface area contributed by atoms with Crippen molar-refractivity contribution in [3.8, 4) is 0 Å². The summed E-state index contributed by atoms with van der Waals surface area (Å²) in [6.07, 6.45) is 1.97. The number of hydrogen-bond donors (Lipinski definition) is 1. The van der Waals surface area contributed by atoms with Gasteiger partial charge in [-0.05, 0) is 31.4 Å². The van der Waals surface area contributed by atoms with E-state index in [9.17, 15) is 8.78 Å². The van der Waals surface area contributed by atoms with E-state index in [4.69, 9.17) is 5.73 Å². The summed E-state index contributed by atoms with van der Waals surface area (Å²) >= 11 is 0. The van der Waals surface area contributed by atoms with Crippen LogP contribution in [-0.2, 0) is 12.3 Å². The maximum absolute atomic E-state index is 13.7.